The zero-order chi connectivity index (χ0) is 10.4. The fourth-order valence-corrected chi connectivity index (χ4v) is 2.19. The molecular weight excluding hydrogens is 194 g/mol. The maximum Gasteiger partial charge on any atom is 0.0439 e. The maximum absolute atomic E-state index is 8.67. The average Bonchev–Trinajstić information content (AvgIpc) is 2.20. The van der Waals surface area contributed by atoms with Crippen LogP contribution in [-0.2, 0) is 6.54 Å². The lowest BCUT2D eigenvalue weighted by Gasteiger charge is -2.06. The van der Waals surface area contributed by atoms with Crippen molar-refractivity contribution in [1.29, 1.82) is 0 Å². The van der Waals surface area contributed by atoms with E-state index in [2.05, 4.69) is 25.1 Å². The smallest absolute Gasteiger partial charge is 0.0439 e. The Morgan fingerprint density at radius 2 is 2.21 bits per heavy atom. The van der Waals surface area contributed by atoms with Crippen molar-refractivity contribution in [3.05, 3.63) is 29.3 Å². The molecule has 0 radical (unpaired) electrons. The summed E-state index contributed by atoms with van der Waals surface area (Å²) in [6, 6.07) is 6.30. The van der Waals surface area contributed by atoms with Crippen LogP contribution in [0.4, 0.5) is 0 Å². The van der Waals surface area contributed by atoms with Gasteiger partial charge in [-0.15, -0.1) is 11.8 Å². The molecule has 0 fully saturated rings. The molecule has 0 heterocycles. The highest BCUT2D eigenvalue weighted by atomic mass is 32.2. The predicted molar refractivity (Wildman–Crippen MR) is 61.5 cm³/mol. The van der Waals surface area contributed by atoms with Crippen molar-refractivity contribution in [1.82, 2.24) is 0 Å². The van der Waals surface area contributed by atoms with E-state index in [9.17, 15) is 0 Å². The monoisotopic (exact) mass is 211 g/mol. The molecule has 3 N–H and O–H groups in total. The largest absolute Gasteiger partial charge is 0.396 e. The summed E-state index contributed by atoms with van der Waals surface area (Å²) < 4.78 is 0. The van der Waals surface area contributed by atoms with Gasteiger partial charge in [0.05, 0.1) is 0 Å². The lowest BCUT2D eigenvalue weighted by molar-refractivity contribution is 0.296. The number of hydrogen-bond acceptors (Lipinski definition) is 3. The summed E-state index contributed by atoms with van der Waals surface area (Å²) in [6.45, 7) is 2.97. The SMILES string of the molecule is Cc1cc(CN)ccc1SCCCO. The third-order valence-electron chi connectivity index (χ3n) is 2.04. The minimum atomic E-state index is 0.271. The second kappa shape index (κ2) is 6.06. The average molecular weight is 211 g/mol. The van der Waals surface area contributed by atoms with E-state index in [-0.39, 0.29) is 6.61 Å². The highest BCUT2D eigenvalue weighted by Crippen LogP contribution is 2.23. The molecular formula is C11H17NOS. The van der Waals surface area contributed by atoms with Crippen molar-refractivity contribution in [2.75, 3.05) is 12.4 Å². The van der Waals surface area contributed by atoms with Gasteiger partial charge in [0.1, 0.15) is 0 Å². The van der Waals surface area contributed by atoms with Crippen molar-refractivity contribution in [2.45, 2.75) is 24.8 Å². The van der Waals surface area contributed by atoms with Gasteiger partial charge in [-0.05, 0) is 30.5 Å². The number of aliphatic hydroxyl groups is 1. The number of aliphatic hydroxyl groups excluding tert-OH is 1. The number of benzene rings is 1. The minimum absolute atomic E-state index is 0.271. The Labute approximate surface area is 89.5 Å². The second-order valence-electron chi connectivity index (χ2n) is 3.23. The van der Waals surface area contributed by atoms with Crippen LogP contribution in [0, 0.1) is 6.92 Å². The number of rotatable bonds is 5. The number of hydrogen-bond donors (Lipinski definition) is 2. The first-order valence-corrected chi connectivity index (χ1v) is 5.79. The van der Waals surface area contributed by atoms with E-state index in [1.165, 1.54) is 16.0 Å². The Balaban J connectivity index is 2.59. The molecule has 1 aromatic rings. The standard InChI is InChI=1S/C11H17NOS/c1-9-7-10(8-12)3-4-11(9)14-6-2-5-13/h3-4,7,13H,2,5-6,8,12H2,1H3. The topological polar surface area (TPSA) is 46.2 Å². The fourth-order valence-electron chi connectivity index (χ4n) is 1.25. The Kier molecular flexibility index (Phi) is 5.01. The van der Waals surface area contributed by atoms with Crippen molar-refractivity contribution in [3.8, 4) is 0 Å². The van der Waals surface area contributed by atoms with Crippen LogP contribution in [0.2, 0.25) is 0 Å². The van der Waals surface area contributed by atoms with E-state index in [1.54, 1.807) is 11.8 Å². The van der Waals surface area contributed by atoms with E-state index in [0.717, 1.165) is 12.2 Å². The third kappa shape index (κ3) is 3.33. The van der Waals surface area contributed by atoms with Gasteiger partial charge in [0.15, 0.2) is 0 Å². The molecule has 1 rings (SSSR count). The fraction of sp³-hybridized carbons (Fsp3) is 0.455. The molecule has 0 unspecified atom stereocenters. The quantitative estimate of drug-likeness (QED) is 0.578. The van der Waals surface area contributed by atoms with Gasteiger partial charge in [0, 0.05) is 23.8 Å². The van der Waals surface area contributed by atoms with Gasteiger partial charge in [0.25, 0.3) is 0 Å². The molecule has 0 aromatic heterocycles. The first-order chi connectivity index (χ1) is 6.77. The maximum atomic E-state index is 8.67. The van der Waals surface area contributed by atoms with Gasteiger partial charge in [-0.1, -0.05) is 12.1 Å². The highest BCUT2D eigenvalue weighted by Gasteiger charge is 1.99. The second-order valence-corrected chi connectivity index (χ2v) is 4.37. The van der Waals surface area contributed by atoms with E-state index in [4.69, 9.17) is 10.8 Å². The normalized spacial score (nSPS) is 10.5. The van der Waals surface area contributed by atoms with Crippen LogP contribution in [0.15, 0.2) is 23.1 Å². The molecule has 3 heteroatoms. The van der Waals surface area contributed by atoms with Crippen molar-refractivity contribution in [2.24, 2.45) is 5.73 Å². The molecule has 2 nitrogen and oxygen atoms in total. The first kappa shape index (κ1) is 11.6. The minimum Gasteiger partial charge on any atom is -0.396 e. The van der Waals surface area contributed by atoms with Gasteiger partial charge < -0.3 is 10.8 Å². The van der Waals surface area contributed by atoms with Gasteiger partial charge in [-0.3, -0.25) is 0 Å². The molecule has 0 aliphatic rings. The van der Waals surface area contributed by atoms with Crippen molar-refractivity contribution in [3.63, 3.8) is 0 Å². The van der Waals surface area contributed by atoms with Crippen LogP contribution in [0.25, 0.3) is 0 Å². The molecule has 0 atom stereocenters. The van der Waals surface area contributed by atoms with Gasteiger partial charge >= 0.3 is 0 Å². The van der Waals surface area contributed by atoms with E-state index < -0.39 is 0 Å². The molecule has 0 spiro atoms. The summed E-state index contributed by atoms with van der Waals surface area (Å²) in [7, 11) is 0. The number of thioether (sulfide) groups is 1. The molecule has 78 valence electrons. The molecule has 0 saturated heterocycles. The van der Waals surface area contributed by atoms with E-state index in [1.807, 2.05) is 0 Å². The van der Waals surface area contributed by atoms with Gasteiger partial charge in [-0.25, -0.2) is 0 Å². The summed E-state index contributed by atoms with van der Waals surface area (Å²) in [4.78, 5) is 1.29. The molecule has 0 amide bonds. The summed E-state index contributed by atoms with van der Waals surface area (Å²) in [5.41, 5.74) is 8.00. The van der Waals surface area contributed by atoms with Crippen LogP contribution in [-0.4, -0.2) is 17.5 Å². The van der Waals surface area contributed by atoms with Crippen LogP contribution in [0.5, 0.6) is 0 Å². The van der Waals surface area contributed by atoms with Crippen molar-refractivity contribution >= 4 is 11.8 Å². The Morgan fingerprint density at radius 1 is 1.43 bits per heavy atom. The van der Waals surface area contributed by atoms with E-state index in [0.29, 0.717) is 6.54 Å². The van der Waals surface area contributed by atoms with Gasteiger partial charge in [0.2, 0.25) is 0 Å². The van der Waals surface area contributed by atoms with Gasteiger partial charge in [-0.2, -0.15) is 0 Å². The lowest BCUT2D eigenvalue weighted by atomic mass is 10.1. The molecule has 0 saturated carbocycles. The summed E-state index contributed by atoms with van der Waals surface area (Å²) >= 11 is 1.79. The number of nitrogens with two attached hydrogens (primary N) is 1. The first-order valence-electron chi connectivity index (χ1n) is 4.81. The van der Waals surface area contributed by atoms with Crippen LogP contribution < -0.4 is 5.73 Å². The zero-order valence-electron chi connectivity index (χ0n) is 8.49. The zero-order valence-corrected chi connectivity index (χ0v) is 9.31. The van der Waals surface area contributed by atoms with Crippen molar-refractivity contribution < 1.29 is 5.11 Å². The summed E-state index contributed by atoms with van der Waals surface area (Å²) in [6.07, 6.45) is 0.850. The van der Waals surface area contributed by atoms with Crippen LogP contribution in [0.3, 0.4) is 0 Å². The lowest BCUT2D eigenvalue weighted by Crippen LogP contribution is -1.97. The molecule has 14 heavy (non-hydrogen) atoms. The molecule has 0 aliphatic heterocycles. The molecule has 1 aromatic carbocycles. The Hall–Kier alpha value is -0.510. The summed E-state index contributed by atoms with van der Waals surface area (Å²) in [5.74, 6) is 0.972. The van der Waals surface area contributed by atoms with Crippen LogP contribution in [0.1, 0.15) is 17.5 Å². The van der Waals surface area contributed by atoms with Crippen LogP contribution >= 0.6 is 11.8 Å². The number of aryl methyl sites for hydroxylation is 1. The molecule has 0 bridgehead atoms. The third-order valence-corrected chi connectivity index (χ3v) is 3.30. The summed E-state index contributed by atoms with van der Waals surface area (Å²) in [5, 5.41) is 8.67. The molecule has 0 aliphatic carbocycles. The Bertz CT molecular complexity index is 289. The predicted octanol–water partition coefficient (Wildman–Crippen LogP) is 1.93. The highest BCUT2D eigenvalue weighted by molar-refractivity contribution is 7.99. The van der Waals surface area contributed by atoms with E-state index >= 15 is 0 Å². The Morgan fingerprint density at radius 3 is 2.79 bits per heavy atom.